The molecule has 0 aliphatic heterocycles. The molecule has 0 saturated heterocycles. The van der Waals surface area contributed by atoms with E-state index in [9.17, 15) is 14.9 Å². The molecule has 1 aliphatic carbocycles. The van der Waals surface area contributed by atoms with E-state index in [4.69, 9.17) is 4.74 Å². The topological polar surface area (TPSA) is 91.2 Å². The fourth-order valence-corrected chi connectivity index (χ4v) is 3.38. The Balaban J connectivity index is 1.57. The first-order chi connectivity index (χ1) is 13.0. The molecule has 0 spiro atoms. The van der Waals surface area contributed by atoms with E-state index in [1.54, 1.807) is 13.0 Å². The number of ether oxygens (including phenoxy) is 1. The molecule has 1 aliphatic rings. The van der Waals surface area contributed by atoms with Crippen LogP contribution in [0, 0.1) is 16.7 Å². The summed E-state index contributed by atoms with van der Waals surface area (Å²) in [6, 6.07) is 15.6. The Morgan fingerprint density at radius 3 is 2.48 bits per heavy atom. The Kier molecular flexibility index (Phi) is 5.60. The number of fused-ring (bicyclic) bond motifs is 1. The van der Waals surface area contributed by atoms with Gasteiger partial charge in [-0.3, -0.25) is 20.4 Å². The predicted molar refractivity (Wildman–Crippen MR) is 101 cm³/mol. The number of carbonyl (C=O) groups is 2. The molecule has 6 heteroatoms. The second kappa shape index (κ2) is 8.09. The predicted octanol–water partition coefficient (Wildman–Crippen LogP) is 3.23. The second-order valence-corrected chi connectivity index (χ2v) is 6.97. The maximum atomic E-state index is 12.4. The molecule has 1 unspecified atom stereocenters. The van der Waals surface area contributed by atoms with Crippen LogP contribution in [0.3, 0.4) is 0 Å². The molecule has 2 aromatic carbocycles. The van der Waals surface area contributed by atoms with Gasteiger partial charge in [-0.1, -0.05) is 49.6 Å². The molecule has 3 rings (SSSR count). The highest BCUT2D eigenvalue weighted by molar-refractivity contribution is 5.89. The Bertz CT molecular complexity index is 882. The molecule has 140 valence electrons. The number of benzene rings is 2. The van der Waals surface area contributed by atoms with Crippen LogP contribution in [0.15, 0.2) is 42.5 Å². The zero-order valence-electron chi connectivity index (χ0n) is 15.3. The van der Waals surface area contributed by atoms with Gasteiger partial charge in [0.1, 0.15) is 11.2 Å². The van der Waals surface area contributed by atoms with E-state index in [-0.39, 0.29) is 0 Å². The maximum Gasteiger partial charge on any atom is 0.279 e. The Morgan fingerprint density at radius 2 is 1.78 bits per heavy atom. The van der Waals surface area contributed by atoms with Crippen LogP contribution >= 0.6 is 0 Å². The van der Waals surface area contributed by atoms with Crippen LogP contribution in [0.4, 0.5) is 0 Å². The number of carbonyl (C=O) groups excluding carboxylic acids is 2. The lowest BCUT2D eigenvalue weighted by molar-refractivity contribution is -0.136. The molecule has 1 atom stereocenters. The van der Waals surface area contributed by atoms with Crippen molar-refractivity contribution in [3.63, 3.8) is 0 Å². The summed E-state index contributed by atoms with van der Waals surface area (Å²) in [5, 5.41) is 11.5. The van der Waals surface area contributed by atoms with Crippen LogP contribution in [0.5, 0.6) is 5.75 Å². The van der Waals surface area contributed by atoms with E-state index < -0.39 is 23.3 Å². The van der Waals surface area contributed by atoms with Gasteiger partial charge in [0.2, 0.25) is 0 Å². The van der Waals surface area contributed by atoms with Crippen molar-refractivity contribution in [3.05, 3.63) is 42.5 Å². The number of hydrazine groups is 1. The number of rotatable bonds is 4. The standard InChI is InChI=1S/C21H23N3O3/c1-15(27-18-10-9-16-7-3-4-8-17(16)13-18)19(25)23-24-20(26)21(14-22)11-5-2-6-12-21/h3-4,7-10,13,15H,2,5-6,11-12H2,1H3,(H,23,25)(H,24,26). The molecule has 2 amide bonds. The fraction of sp³-hybridized carbons (Fsp3) is 0.381. The van der Waals surface area contributed by atoms with Crippen molar-refractivity contribution >= 4 is 22.6 Å². The van der Waals surface area contributed by atoms with Crippen molar-refractivity contribution in [2.45, 2.75) is 45.1 Å². The quantitative estimate of drug-likeness (QED) is 0.814. The van der Waals surface area contributed by atoms with Gasteiger partial charge in [-0.15, -0.1) is 0 Å². The zero-order chi connectivity index (χ0) is 19.3. The van der Waals surface area contributed by atoms with Crippen molar-refractivity contribution < 1.29 is 14.3 Å². The van der Waals surface area contributed by atoms with E-state index >= 15 is 0 Å². The average molecular weight is 365 g/mol. The first-order valence-corrected chi connectivity index (χ1v) is 9.21. The summed E-state index contributed by atoms with van der Waals surface area (Å²) in [5.41, 5.74) is 3.73. The van der Waals surface area contributed by atoms with Crippen LogP contribution < -0.4 is 15.6 Å². The minimum absolute atomic E-state index is 0.448. The molecule has 27 heavy (non-hydrogen) atoms. The molecule has 2 N–H and O–H groups in total. The van der Waals surface area contributed by atoms with Crippen molar-refractivity contribution in [3.8, 4) is 11.8 Å². The fourth-order valence-electron chi connectivity index (χ4n) is 3.38. The van der Waals surface area contributed by atoms with Crippen LogP contribution in [0.1, 0.15) is 39.0 Å². The molecule has 0 radical (unpaired) electrons. The molecular weight excluding hydrogens is 342 g/mol. The smallest absolute Gasteiger partial charge is 0.279 e. The summed E-state index contributed by atoms with van der Waals surface area (Å²) >= 11 is 0. The second-order valence-electron chi connectivity index (χ2n) is 6.97. The summed E-state index contributed by atoms with van der Waals surface area (Å²) in [7, 11) is 0. The van der Waals surface area contributed by atoms with E-state index in [1.165, 1.54) is 0 Å². The van der Waals surface area contributed by atoms with Crippen LogP contribution in [-0.2, 0) is 9.59 Å². The third kappa shape index (κ3) is 4.20. The average Bonchev–Trinajstić information content (AvgIpc) is 2.72. The molecule has 1 saturated carbocycles. The van der Waals surface area contributed by atoms with Gasteiger partial charge < -0.3 is 4.74 Å². The third-order valence-corrected chi connectivity index (χ3v) is 5.06. The molecule has 0 bridgehead atoms. The molecule has 6 nitrogen and oxygen atoms in total. The lowest BCUT2D eigenvalue weighted by Crippen LogP contribution is -2.52. The number of nitrogens with one attached hydrogen (secondary N) is 2. The van der Waals surface area contributed by atoms with E-state index in [2.05, 4.69) is 16.9 Å². The van der Waals surface area contributed by atoms with Gasteiger partial charge in [-0.25, -0.2) is 0 Å². The normalized spacial score (nSPS) is 16.7. The first-order valence-electron chi connectivity index (χ1n) is 9.21. The maximum absolute atomic E-state index is 12.4. The monoisotopic (exact) mass is 365 g/mol. The number of amides is 2. The van der Waals surface area contributed by atoms with Crippen LogP contribution in [-0.4, -0.2) is 17.9 Å². The largest absolute Gasteiger partial charge is 0.481 e. The molecular formula is C21H23N3O3. The van der Waals surface area contributed by atoms with Gasteiger partial charge in [0.15, 0.2) is 6.10 Å². The zero-order valence-corrected chi connectivity index (χ0v) is 15.3. The van der Waals surface area contributed by atoms with Gasteiger partial charge >= 0.3 is 0 Å². The summed E-state index contributed by atoms with van der Waals surface area (Å²) in [4.78, 5) is 24.7. The van der Waals surface area contributed by atoms with Gasteiger partial charge in [-0.2, -0.15) is 5.26 Å². The van der Waals surface area contributed by atoms with Gasteiger partial charge in [0.05, 0.1) is 6.07 Å². The molecule has 2 aromatic rings. The Hall–Kier alpha value is -3.07. The van der Waals surface area contributed by atoms with E-state index in [1.807, 2.05) is 36.4 Å². The first kappa shape index (κ1) is 18.7. The third-order valence-electron chi connectivity index (χ3n) is 5.06. The lowest BCUT2D eigenvalue weighted by Gasteiger charge is -2.29. The SMILES string of the molecule is CC(Oc1ccc2ccccc2c1)C(=O)NNC(=O)C1(C#N)CCCCC1. The van der Waals surface area contributed by atoms with Gasteiger partial charge in [-0.05, 0) is 42.7 Å². The number of hydrogen-bond acceptors (Lipinski definition) is 4. The van der Waals surface area contributed by atoms with Crippen LogP contribution in [0.25, 0.3) is 10.8 Å². The highest BCUT2D eigenvalue weighted by Gasteiger charge is 2.40. The molecule has 0 heterocycles. The highest BCUT2D eigenvalue weighted by Crippen LogP contribution is 2.35. The lowest BCUT2D eigenvalue weighted by atomic mass is 9.75. The number of nitriles is 1. The van der Waals surface area contributed by atoms with Gasteiger partial charge in [0.25, 0.3) is 11.8 Å². The number of hydrogen-bond donors (Lipinski definition) is 2. The Morgan fingerprint density at radius 1 is 1.07 bits per heavy atom. The van der Waals surface area contributed by atoms with Crippen LogP contribution in [0.2, 0.25) is 0 Å². The van der Waals surface area contributed by atoms with Crippen molar-refractivity contribution in [2.75, 3.05) is 0 Å². The number of nitrogens with zero attached hydrogens (tertiary/aromatic N) is 1. The van der Waals surface area contributed by atoms with E-state index in [0.717, 1.165) is 30.0 Å². The minimum Gasteiger partial charge on any atom is -0.481 e. The molecule has 1 fully saturated rings. The van der Waals surface area contributed by atoms with E-state index in [0.29, 0.717) is 18.6 Å². The highest BCUT2D eigenvalue weighted by atomic mass is 16.5. The van der Waals surface area contributed by atoms with Crippen molar-refractivity contribution in [2.24, 2.45) is 5.41 Å². The van der Waals surface area contributed by atoms with Crippen molar-refractivity contribution in [1.29, 1.82) is 5.26 Å². The summed E-state index contributed by atoms with van der Waals surface area (Å²) in [6.07, 6.45) is 2.96. The summed E-state index contributed by atoms with van der Waals surface area (Å²) < 4.78 is 5.69. The Labute approximate surface area is 158 Å². The molecule has 0 aromatic heterocycles. The van der Waals surface area contributed by atoms with Crippen molar-refractivity contribution in [1.82, 2.24) is 10.9 Å². The minimum atomic E-state index is -1.05. The van der Waals surface area contributed by atoms with Gasteiger partial charge in [0, 0.05) is 0 Å². The summed E-state index contributed by atoms with van der Waals surface area (Å²) in [5.74, 6) is -0.347. The summed E-state index contributed by atoms with van der Waals surface area (Å²) in [6.45, 7) is 1.61.